The van der Waals surface area contributed by atoms with E-state index in [0.29, 0.717) is 5.75 Å². The van der Waals surface area contributed by atoms with Gasteiger partial charge in [-0.05, 0) is 6.42 Å². The highest BCUT2D eigenvalue weighted by Gasteiger charge is 1.79. The molecule has 60 valence electrons. The van der Waals surface area contributed by atoms with E-state index < -0.39 is 11.1 Å². The fourth-order valence-corrected chi connectivity index (χ4v) is 0.787. The first kappa shape index (κ1) is 16.0. The molecule has 0 saturated carbocycles. The summed E-state index contributed by atoms with van der Waals surface area (Å²) in [5, 5.41) is 0. The van der Waals surface area contributed by atoms with Crippen molar-refractivity contribution in [2.45, 2.75) is 19.8 Å². The molecule has 0 aliphatic heterocycles. The molecule has 0 bridgehead atoms. The maximum atomic E-state index is 9.76. The van der Waals surface area contributed by atoms with Crippen LogP contribution < -0.4 is 6.15 Å². The minimum Gasteiger partial charge on any atom is -0.772 e. The molecular formula is C4H13FNO2S-. The highest BCUT2D eigenvalue weighted by atomic mass is 32.2. The van der Waals surface area contributed by atoms with Gasteiger partial charge in [0.25, 0.3) is 0 Å². The number of unbranched alkanes of at least 4 members (excludes halogenated alkanes) is 1. The molecule has 5 heteroatoms. The third-order valence-electron chi connectivity index (χ3n) is 0.665. The van der Waals surface area contributed by atoms with Crippen molar-refractivity contribution in [3.8, 4) is 0 Å². The number of rotatable bonds is 3. The average Bonchev–Trinajstić information content (AvgIpc) is 1.61. The van der Waals surface area contributed by atoms with Crippen molar-refractivity contribution >= 4 is 11.1 Å². The number of hydrogen-bond donors (Lipinski definition) is 1. The Bertz CT molecular complexity index is 71.6. The van der Waals surface area contributed by atoms with Gasteiger partial charge in [0.2, 0.25) is 0 Å². The zero-order chi connectivity index (χ0) is 5.70. The predicted octanol–water partition coefficient (Wildman–Crippen LogP) is 0.980. The average molecular weight is 158 g/mol. The van der Waals surface area contributed by atoms with Crippen LogP contribution in [0.15, 0.2) is 0 Å². The van der Waals surface area contributed by atoms with Crippen molar-refractivity contribution in [2.24, 2.45) is 0 Å². The van der Waals surface area contributed by atoms with E-state index in [4.69, 9.17) is 0 Å². The van der Waals surface area contributed by atoms with Crippen LogP contribution in [0.5, 0.6) is 0 Å². The molecule has 0 aromatic rings. The molecule has 0 aromatic heterocycles. The summed E-state index contributed by atoms with van der Waals surface area (Å²) in [6, 6.07) is 0. The molecule has 1 unspecified atom stereocenters. The van der Waals surface area contributed by atoms with Crippen LogP contribution in [0.2, 0.25) is 0 Å². The molecule has 0 amide bonds. The Morgan fingerprint density at radius 1 is 1.56 bits per heavy atom. The molecule has 1 atom stereocenters. The van der Waals surface area contributed by atoms with Crippen LogP contribution in [0.25, 0.3) is 0 Å². The monoisotopic (exact) mass is 158 g/mol. The highest BCUT2D eigenvalue weighted by Crippen LogP contribution is 1.86. The first-order valence-electron chi connectivity index (χ1n) is 2.33. The third kappa shape index (κ3) is 18.0. The van der Waals surface area contributed by atoms with Crippen molar-refractivity contribution in [2.75, 3.05) is 5.75 Å². The summed E-state index contributed by atoms with van der Waals surface area (Å²) in [6.07, 6.45) is 1.74. The summed E-state index contributed by atoms with van der Waals surface area (Å²) in [4.78, 5) is 0. The Balaban J connectivity index is -0.000000180. The van der Waals surface area contributed by atoms with E-state index >= 15 is 0 Å². The quantitative estimate of drug-likeness (QED) is 0.622. The molecular weight excluding hydrogens is 145 g/mol. The summed E-state index contributed by atoms with van der Waals surface area (Å²) in [7, 11) is 0. The SMILES string of the molecule is CCCCS(=O)[O-].F.N. The molecule has 3 N–H and O–H groups in total. The predicted molar refractivity (Wildman–Crippen MR) is 36.2 cm³/mol. The van der Waals surface area contributed by atoms with Gasteiger partial charge in [-0.3, -0.25) is 8.91 Å². The Labute approximate surface area is 57.1 Å². The minimum atomic E-state index is -1.82. The van der Waals surface area contributed by atoms with Crippen molar-refractivity contribution in [1.29, 1.82) is 0 Å². The largest absolute Gasteiger partial charge is 0.772 e. The van der Waals surface area contributed by atoms with E-state index in [-0.39, 0.29) is 10.9 Å². The van der Waals surface area contributed by atoms with Crippen molar-refractivity contribution < 1.29 is 13.5 Å². The lowest BCUT2D eigenvalue weighted by Crippen LogP contribution is -1.92. The molecule has 0 heterocycles. The van der Waals surface area contributed by atoms with E-state index in [1.54, 1.807) is 0 Å². The van der Waals surface area contributed by atoms with Gasteiger partial charge < -0.3 is 10.7 Å². The molecule has 0 aromatic carbocycles. The van der Waals surface area contributed by atoms with Crippen LogP contribution in [-0.4, -0.2) is 14.5 Å². The lowest BCUT2D eigenvalue weighted by Gasteiger charge is -1.99. The molecule has 9 heavy (non-hydrogen) atoms. The maximum absolute atomic E-state index is 9.76. The van der Waals surface area contributed by atoms with E-state index in [9.17, 15) is 8.76 Å². The second-order valence-electron chi connectivity index (χ2n) is 1.36. The standard InChI is InChI=1S/C4H10O2S.FH.H3N/c1-2-3-4-7(5)6;;/h2-4H2,1H3,(H,5,6);1H;1H3/p-1. The van der Waals surface area contributed by atoms with E-state index in [1.165, 1.54) is 0 Å². The summed E-state index contributed by atoms with van der Waals surface area (Å²) in [6.45, 7) is 1.97. The summed E-state index contributed by atoms with van der Waals surface area (Å²) >= 11 is -1.82. The van der Waals surface area contributed by atoms with Gasteiger partial charge in [0.1, 0.15) is 0 Å². The van der Waals surface area contributed by atoms with Crippen LogP contribution in [0.3, 0.4) is 0 Å². The fraction of sp³-hybridized carbons (Fsp3) is 1.00. The zero-order valence-corrected chi connectivity index (χ0v) is 6.28. The highest BCUT2D eigenvalue weighted by molar-refractivity contribution is 7.79. The first-order valence-corrected chi connectivity index (χ1v) is 3.57. The smallest absolute Gasteiger partial charge is 0.0101 e. The van der Waals surface area contributed by atoms with E-state index in [0.717, 1.165) is 12.8 Å². The Morgan fingerprint density at radius 3 is 2.11 bits per heavy atom. The van der Waals surface area contributed by atoms with Gasteiger partial charge in [-0.25, -0.2) is 0 Å². The third-order valence-corrected chi connectivity index (χ3v) is 1.29. The molecule has 0 spiro atoms. The normalized spacial score (nSPS) is 10.9. The topological polar surface area (TPSA) is 75.1 Å². The second kappa shape index (κ2) is 10.9. The first-order chi connectivity index (χ1) is 3.27. The Morgan fingerprint density at radius 2 is 2.00 bits per heavy atom. The van der Waals surface area contributed by atoms with Crippen LogP contribution in [0.1, 0.15) is 19.8 Å². The molecule has 0 rings (SSSR count). The maximum Gasteiger partial charge on any atom is 0.0101 e. The number of hydrogen-bond acceptors (Lipinski definition) is 3. The van der Waals surface area contributed by atoms with Gasteiger partial charge in [0.15, 0.2) is 0 Å². The lowest BCUT2D eigenvalue weighted by atomic mass is 10.4. The van der Waals surface area contributed by atoms with Crippen molar-refractivity contribution in [1.82, 2.24) is 6.15 Å². The molecule has 0 fully saturated rings. The summed E-state index contributed by atoms with van der Waals surface area (Å²) in [5.41, 5.74) is 0. The van der Waals surface area contributed by atoms with Crippen molar-refractivity contribution in [3.63, 3.8) is 0 Å². The van der Waals surface area contributed by atoms with E-state index in [1.807, 2.05) is 6.92 Å². The molecule has 0 radical (unpaired) electrons. The van der Waals surface area contributed by atoms with Crippen LogP contribution in [0, 0.1) is 0 Å². The van der Waals surface area contributed by atoms with Crippen molar-refractivity contribution in [3.05, 3.63) is 0 Å². The van der Waals surface area contributed by atoms with Gasteiger partial charge >= 0.3 is 0 Å². The summed E-state index contributed by atoms with van der Waals surface area (Å²) in [5.74, 6) is 0.316. The van der Waals surface area contributed by atoms with Gasteiger partial charge in [-0.1, -0.05) is 24.4 Å². The van der Waals surface area contributed by atoms with Gasteiger partial charge in [-0.2, -0.15) is 0 Å². The van der Waals surface area contributed by atoms with Crippen LogP contribution in [0.4, 0.5) is 4.70 Å². The minimum absolute atomic E-state index is 0. The lowest BCUT2D eigenvalue weighted by molar-refractivity contribution is 0.534. The zero-order valence-electron chi connectivity index (χ0n) is 5.46. The van der Waals surface area contributed by atoms with Gasteiger partial charge in [0.05, 0.1) is 0 Å². The Hall–Kier alpha value is -0.0000000000000000486. The molecule has 0 aliphatic rings. The van der Waals surface area contributed by atoms with Crippen LogP contribution >= 0.6 is 0 Å². The fourth-order valence-electron chi connectivity index (χ4n) is 0.262. The summed E-state index contributed by atoms with van der Waals surface area (Å²) < 4.78 is 19.5. The van der Waals surface area contributed by atoms with Gasteiger partial charge in [-0.15, -0.1) is 0 Å². The number of halogens is 1. The molecule has 3 nitrogen and oxygen atoms in total. The van der Waals surface area contributed by atoms with Gasteiger partial charge in [0, 0.05) is 5.75 Å². The Kier molecular flexibility index (Phi) is 19.4. The molecule has 0 aliphatic carbocycles. The molecule has 0 saturated heterocycles. The second-order valence-corrected chi connectivity index (χ2v) is 2.38. The van der Waals surface area contributed by atoms with E-state index in [2.05, 4.69) is 0 Å². The van der Waals surface area contributed by atoms with Crippen LogP contribution in [-0.2, 0) is 11.1 Å².